The van der Waals surface area contributed by atoms with Gasteiger partial charge >= 0.3 is 0 Å². The Bertz CT molecular complexity index is 1290. The average Bonchev–Trinajstić information content (AvgIpc) is 3.35. The van der Waals surface area contributed by atoms with Crippen LogP contribution in [0.15, 0.2) is 88.5 Å². The molecule has 0 aliphatic rings. The van der Waals surface area contributed by atoms with Gasteiger partial charge in [0.2, 0.25) is 0 Å². The third-order valence-corrected chi connectivity index (χ3v) is 6.00. The van der Waals surface area contributed by atoms with Crippen molar-refractivity contribution in [2.75, 3.05) is 6.26 Å². The van der Waals surface area contributed by atoms with Gasteiger partial charge < -0.3 is 4.98 Å². The van der Waals surface area contributed by atoms with Crippen molar-refractivity contribution < 1.29 is 0 Å². The lowest BCUT2D eigenvalue weighted by molar-refractivity contribution is 0.888. The van der Waals surface area contributed by atoms with Crippen molar-refractivity contribution in [3.8, 4) is 28.3 Å². The Labute approximate surface area is 181 Å². The van der Waals surface area contributed by atoms with Gasteiger partial charge in [0.1, 0.15) is 0 Å². The van der Waals surface area contributed by atoms with Crippen molar-refractivity contribution in [1.82, 2.24) is 19.7 Å². The van der Waals surface area contributed by atoms with Crippen LogP contribution < -0.4 is 0 Å². The van der Waals surface area contributed by atoms with Gasteiger partial charge in [-0.25, -0.2) is 0 Å². The third-order valence-electron chi connectivity index (χ3n) is 4.88. The number of thioether (sulfide) groups is 1. The molecule has 5 aromatic rings. The van der Waals surface area contributed by atoms with Gasteiger partial charge in [0.05, 0.1) is 5.69 Å². The second kappa shape index (κ2) is 7.54. The van der Waals surface area contributed by atoms with Gasteiger partial charge in [-0.2, -0.15) is 0 Å². The molecular formula is C23H17BrN4S. The molecule has 0 amide bonds. The van der Waals surface area contributed by atoms with E-state index in [2.05, 4.69) is 84.2 Å². The molecule has 2 heterocycles. The van der Waals surface area contributed by atoms with Gasteiger partial charge in [0.15, 0.2) is 11.0 Å². The molecule has 3 aromatic carbocycles. The van der Waals surface area contributed by atoms with E-state index < -0.39 is 0 Å². The lowest BCUT2D eigenvalue weighted by atomic mass is 10.0. The summed E-state index contributed by atoms with van der Waals surface area (Å²) in [4.78, 5) is 3.60. The third kappa shape index (κ3) is 3.18. The van der Waals surface area contributed by atoms with E-state index >= 15 is 0 Å². The van der Waals surface area contributed by atoms with Gasteiger partial charge in [0.25, 0.3) is 0 Å². The Morgan fingerprint density at radius 3 is 2.34 bits per heavy atom. The highest BCUT2D eigenvalue weighted by Gasteiger charge is 2.22. The molecule has 4 nitrogen and oxygen atoms in total. The van der Waals surface area contributed by atoms with Crippen LogP contribution in [0.5, 0.6) is 0 Å². The van der Waals surface area contributed by atoms with E-state index in [9.17, 15) is 0 Å². The number of nitrogens with zero attached hydrogens (tertiary/aromatic N) is 3. The summed E-state index contributed by atoms with van der Waals surface area (Å²) in [5.41, 5.74) is 5.33. The van der Waals surface area contributed by atoms with E-state index in [-0.39, 0.29) is 0 Å². The van der Waals surface area contributed by atoms with Crippen molar-refractivity contribution in [3.05, 3.63) is 83.3 Å². The highest BCUT2D eigenvalue weighted by molar-refractivity contribution is 9.10. The van der Waals surface area contributed by atoms with Gasteiger partial charge in [0, 0.05) is 26.6 Å². The van der Waals surface area contributed by atoms with Crippen molar-refractivity contribution in [2.24, 2.45) is 0 Å². The van der Waals surface area contributed by atoms with E-state index in [0.29, 0.717) is 0 Å². The van der Waals surface area contributed by atoms with Gasteiger partial charge in [-0.3, -0.25) is 4.57 Å². The number of hydrogen-bond acceptors (Lipinski definition) is 3. The Hall–Kier alpha value is -2.83. The second-order valence-electron chi connectivity index (χ2n) is 6.61. The normalized spacial score (nSPS) is 11.2. The molecule has 0 radical (unpaired) electrons. The lowest BCUT2D eigenvalue weighted by Gasteiger charge is -2.10. The smallest absolute Gasteiger partial charge is 0.195 e. The van der Waals surface area contributed by atoms with Crippen molar-refractivity contribution in [2.45, 2.75) is 5.16 Å². The molecule has 0 unspecified atom stereocenters. The lowest BCUT2D eigenvalue weighted by Crippen LogP contribution is -2.00. The molecule has 5 rings (SSSR count). The number of aromatic amines is 1. The average molecular weight is 461 g/mol. The molecule has 6 heteroatoms. The van der Waals surface area contributed by atoms with E-state index in [4.69, 9.17) is 0 Å². The number of nitrogens with one attached hydrogen (secondary N) is 1. The molecule has 29 heavy (non-hydrogen) atoms. The maximum Gasteiger partial charge on any atom is 0.195 e. The van der Waals surface area contributed by atoms with Crippen LogP contribution in [0.2, 0.25) is 0 Å². The summed E-state index contributed by atoms with van der Waals surface area (Å²) in [7, 11) is 0. The summed E-state index contributed by atoms with van der Waals surface area (Å²) in [5.74, 6) is 0.798. The van der Waals surface area contributed by atoms with Crippen LogP contribution in [-0.2, 0) is 0 Å². The first-order valence-corrected chi connectivity index (χ1v) is 11.2. The summed E-state index contributed by atoms with van der Waals surface area (Å²) in [5, 5.41) is 11.0. The van der Waals surface area contributed by atoms with Crippen molar-refractivity contribution >= 4 is 38.6 Å². The molecule has 0 aliphatic carbocycles. The van der Waals surface area contributed by atoms with Crippen LogP contribution in [0.3, 0.4) is 0 Å². The first-order valence-electron chi connectivity index (χ1n) is 9.18. The van der Waals surface area contributed by atoms with Crippen LogP contribution in [-0.4, -0.2) is 26.0 Å². The Morgan fingerprint density at radius 2 is 1.62 bits per heavy atom. The summed E-state index contributed by atoms with van der Waals surface area (Å²) in [6.07, 6.45) is 2.02. The Balaban J connectivity index is 1.85. The molecule has 142 valence electrons. The van der Waals surface area contributed by atoms with Gasteiger partial charge in [-0.1, -0.05) is 76.2 Å². The Morgan fingerprint density at radius 1 is 0.897 bits per heavy atom. The van der Waals surface area contributed by atoms with Crippen LogP contribution >= 0.6 is 27.7 Å². The number of fused-ring (bicyclic) bond motifs is 1. The summed E-state index contributed by atoms with van der Waals surface area (Å²) in [6.45, 7) is 0. The summed E-state index contributed by atoms with van der Waals surface area (Å²) < 4.78 is 3.15. The summed E-state index contributed by atoms with van der Waals surface area (Å²) >= 11 is 5.21. The number of aromatic nitrogens is 4. The van der Waals surface area contributed by atoms with Crippen molar-refractivity contribution in [1.29, 1.82) is 0 Å². The molecule has 2 aromatic heterocycles. The highest BCUT2D eigenvalue weighted by Crippen LogP contribution is 2.40. The van der Waals surface area contributed by atoms with E-state index in [1.165, 1.54) is 0 Å². The standard InChI is InChI=1S/C23H17BrN4S/c1-29-23-27-26-22(28(23)17-10-6-3-7-11-17)21-20(15-8-4-2-5-9-15)18-14-16(24)12-13-19(18)25-21/h2-14,25H,1H3. The van der Waals surface area contributed by atoms with Crippen LogP contribution in [0.1, 0.15) is 0 Å². The fourth-order valence-electron chi connectivity index (χ4n) is 3.61. The van der Waals surface area contributed by atoms with E-state index in [1.807, 2.05) is 36.6 Å². The summed E-state index contributed by atoms with van der Waals surface area (Å²) in [6, 6.07) is 26.9. The zero-order valence-corrected chi connectivity index (χ0v) is 18.0. The number of rotatable bonds is 4. The zero-order valence-electron chi connectivity index (χ0n) is 15.6. The molecule has 0 aliphatic heterocycles. The number of para-hydroxylation sites is 1. The van der Waals surface area contributed by atoms with E-state index in [1.54, 1.807) is 11.8 Å². The molecule has 0 fully saturated rings. The van der Waals surface area contributed by atoms with Crippen LogP contribution in [0.25, 0.3) is 39.2 Å². The number of halogens is 1. The predicted molar refractivity (Wildman–Crippen MR) is 124 cm³/mol. The van der Waals surface area contributed by atoms with Crippen LogP contribution in [0.4, 0.5) is 0 Å². The first-order chi connectivity index (χ1) is 14.3. The maximum absolute atomic E-state index is 4.59. The molecule has 0 saturated carbocycles. The quantitative estimate of drug-likeness (QED) is 0.308. The molecule has 0 atom stereocenters. The molecule has 1 N–H and O–H groups in total. The van der Waals surface area contributed by atoms with E-state index in [0.717, 1.165) is 48.9 Å². The van der Waals surface area contributed by atoms with Gasteiger partial charge in [-0.15, -0.1) is 10.2 Å². The predicted octanol–water partition coefficient (Wildman–Crippen LogP) is 6.57. The fourth-order valence-corrected chi connectivity index (χ4v) is 4.47. The number of H-pyrrole nitrogens is 1. The topological polar surface area (TPSA) is 46.5 Å². The minimum Gasteiger partial charge on any atom is -0.351 e. The Kier molecular flexibility index (Phi) is 4.73. The van der Waals surface area contributed by atoms with Gasteiger partial charge in [-0.05, 0) is 42.2 Å². The van der Waals surface area contributed by atoms with Crippen molar-refractivity contribution in [3.63, 3.8) is 0 Å². The SMILES string of the molecule is CSc1nnc(-c2[nH]c3ccc(Br)cc3c2-c2ccccc2)n1-c1ccccc1. The second-order valence-corrected chi connectivity index (χ2v) is 8.30. The minimum absolute atomic E-state index is 0.798. The zero-order chi connectivity index (χ0) is 19.8. The maximum atomic E-state index is 4.59. The largest absolute Gasteiger partial charge is 0.351 e. The number of hydrogen-bond donors (Lipinski definition) is 1. The first kappa shape index (κ1) is 18.2. The monoisotopic (exact) mass is 460 g/mol. The molecular weight excluding hydrogens is 444 g/mol. The molecule has 0 bridgehead atoms. The van der Waals surface area contributed by atoms with Crippen LogP contribution in [0, 0.1) is 0 Å². The highest BCUT2D eigenvalue weighted by atomic mass is 79.9. The molecule has 0 saturated heterocycles. The minimum atomic E-state index is 0.798. The fraction of sp³-hybridized carbons (Fsp3) is 0.0435. The number of benzene rings is 3. The molecule has 0 spiro atoms.